The van der Waals surface area contributed by atoms with Crippen LogP contribution in [0, 0.1) is 33.1 Å². The lowest BCUT2D eigenvalue weighted by Crippen LogP contribution is -2.58. The first-order chi connectivity index (χ1) is 35.3. The molecule has 2 fully saturated rings. The number of nitrogens with zero attached hydrogens (tertiary/aromatic N) is 9. The molecule has 7 heterocycles. The number of rotatable bonds is 14. The normalized spacial score (nSPS) is 18.5. The molecule has 388 valence electrons. The Kier molecular flexibility index (Phi) is 15.4. The average Bonchev–Trinajstić information content (AvgIpc) is 4.16. The van der Waals surface area contributed by atoms with Crippen LogP contribution < -0.4 is 20.3 Å². The molecule has 17 nitrogen and oxygen atoms in total. The van der Waals surface area contributed by atoms with Crippen LogP contribution in [-0.2, 0) is 19.2 Å². The van der Waals surface area contributed by atoms with Crippen molar-refractivity contribution in [2.45, 2.75) is 105 Å². The Labute approximate surface area is 444 Å². The molecular weight excluding hydrogens is 998 g/mol. The number of β-amino-alcohol motifs (C(OH)–C–C–N with tert-alkyl or cyclic N) is 1. The average molecular weight is 1060 g/mol. The zero-order valence-electron chi connectivity index (χ0n) is 42.9. The van der Waals surface area contributed by atoms with Crippen LogP contribution in [0.15, 0.2) is 77.4 Å². The smallest absolute Gasteiger partial charge is 0.258 e. The number of carbonyl (C=O) groups excluding carboxylic acids is 4. The van der Waals surface area contributed by atoms with E-state index in [1.165, 1.54) is 9.78 Å². The van der Waals surface area contributed by atoms with E-state index >= 15 is 0 Å². The highest BCUT2D eigenvalue weighted by Gasteiger charge is 2.45. The van der Waals surface area contributed by atoms with E-state index in [4.69, 9.17) is 21.3 Å². The number of thiazole rings is 1. The van der Waals surface area contributed by atoms with Gasteiger partial charge in [0, 0.05) is 78.9 Å². The van der Waals surface area contributed by atoms with Crippen molar-refractivity contribution < 1.29 is 29.0 Å². The number of hydrogen-bond donors (Lipinski definition) is 3. The number of thiophene rings is 1. The maximum Gasteiger partial charge on any atom is 0.258 e. The van der Waals surface area contributed by atoms with Crippen molar-refractivity contribution in [3.63, 3.8) is 0 Å². The van der Waals surface area contributed by atoms with E-state index in [1.54, 1.807) is 41.0 Å². The van der Waals surface area contributed by atoms with Crippen LogP contribution in [0.25, 0.3) is 15.4 Å². The van der Waals surface area contributed by atoms with E-state index in [0.29, 0.717) is 55.0 Å². The van der Waals surface area contributed by atoms with E-state index in [0.717, 1.165) is 54.9 Å². The second-order valence-corrected chi connectivity index (χ2v) is 22.8. The SMILES string of the molecule is Cc1ncsc1-c1ccc([C@H](C)NC(=O)[C@@H]2C[C@@H](O)CN2C(=O)C(NC(=O)COc2ccnc(N3CCN(C(=O)CC[C@@H]4N=C(c5ccc(Cl)cc5)c5c(sc(C)c5C)-n5c(C)nnc54)CC3)c2)C(C)(C)C)cc1. The van der Waals surface area contributed by atoms with Gasteiger partial charge < -0.3 is 35.2 Å². The first-order valence-corrected chi connectivity index (χ1v) is 27.0. The molecule has 3 aliphatic rings. The molecule has 74 heavy (non-hydrogen) atoms. The van der Waals surface area contributed by atoms with Crippen molar-refractivity contribution >= 4 is 69.4 Å². The third-order valence-corrected chi connectivity index (χ3v) is 16.5. The van der Waals surface area contributed by atoms with Crippen LogP contribution in [0.3, 0.4) is 0 Å². The number of aliphatic hydroxyl groups excluding tert-OH is 1. The van der Waals surface area contributed by atoms with Gasteiger partial charge in [-0.15, -0.1) is 32.9 Å². The Morgan fingerprint density at radius 1 is 0.919 bits per heavy atom. The highest BCUT2D eigenvalue weighted by Crippen LogP contribution is 2.40. The van der Waals surface area contributed by atoms with Gasteiger partial charge in [0.25, 0.3) is 5.91 Å². The molecule has 3 aliphatic heterocycles. The minimum Gasteiger partial charge on any atom is -0.484 e. The van der Waals surface area contributed by atoms with Gasteiger partial charge in [-0.2, -0.15) is 0 Å². The molecule has 5 atom stereocenters. The molecule has 0 saturated carbocycles. The number of piperazine rings is 1. The summed E-state index contributed by atoms with van der Waals surface area (Å²) in [6, 6.07) is 16.3. The number of halogens is 1. The van der Waals surface area contributed by atoms with Crippen molar-refractivity contribution in [2.75, 3.05) is 44.2 Å². The van der Waals surface area contributed by atoms with Gasteiger partial charge in [0.1, 0.15) is 40.5 Å². The summed E-state index contributed by atoms with van der Waals surface area (Å²) in [5, 5.41) is 27.4. The fraction of sp³-hybridized carbons (Fsp3) is 0.426. The molecule has 1 unspecified atom stereocenters. The molecule has 20 heteroatoms. The number of amides is 4. The summed E-state index contributed by atoms with van der Waals surface area (Å²) in [5.41, 5.74) is 7.93. The topological polar surface area (TPSA) is 200 Å². The van der Waals surface area contributed by atoms with E-state index < -0.39 is 41.5 Å². The number of carbonyl (C=O) groups is 4. The number of nitrogens with one attached hydrogen (secondary N) is 2. The van der Waals surface area contributed by atoms with Gasteiger partial charge >= 0.3 is 0 Å². The fourth-order valence-corrected chi connectivity index (χ4v) is 12.0. The number of fused-ring (bicyclic) bond motifs is 3. The largest absolute Gasteiger partial charge is 0.484 e. The Hall–Kier alpha value is -6.54. The van der Waals surface area contributed by atoms with Crippen LogP contribution in [-0.4, -0.2) is 126 Å². The maximum absolute atomic E-state index is 14.3. The number of hydrogen-bond acceptors (Lipinski definition) is 14. The second-order valence-electron chi connectivity index (χ2n) is 20.3. The predicted molar refractivity (Wildman–Crippen MR) is 287 cm³/mol. The van der Waals surface area contributed by atoms with Gasteiger partial charge in [0.2, 0.25) is 17.7 Å². The van der Waals surface area contributed by atoms with Gasteiger partial charge in [0.15, 0.2) is 12.4 Å². The highest BCUT2D eigenvalue weighted by molar-refractivity contribution is 7.15. The van der Waals surface area contributed by atoms with Gasteiger partial charge in [-0.1, -0.05) is 68.8 Å². The molecule has 0 aliphatic carbocycles. The number of aromatic nitrogens is 5. The number of likely N-dealkylation sites (tertiary alicyclic amines) is 1. The van der Waals surface area contributed by atoms with Crippen molar-refractivity contribution in [1.82, 2.24) is 45.2 Å². The molecule has 2 aromatic carbocycles. The Bertz CT molecular complexity index is 3080. The number of benzene rings is 2. The third-order valence-electron chi connectivity index (χ3n) is 14.1. The number of aliphatic hydroxyl groups is 1. The zero-order valence-corrected chi connectivity index (χ0v) is 45.3. The molecule has 4 amide bonds. The standard InChI is InChI=1S/C54H62ClN11O6S2/c1-30-33(4)74-53-46(30)47(36-13-15-38(55)16-14-36)59-41(50-62-61-34(5)66(50)53)17-18-45(69)64-23-21-63(22-24-64)43-26-40(19-20-56-43)72-28-44(68)60-49(54(6,7)8)52(71)65-27-39(67)25-42(65)51(70)58-31(2)35-9-11-37(12-10-35)48-32(3)57-29-73-48/h9-16,19-20,26,29,31,39,41-42,49,67H,17-18,21-25,27-28H2,1-8H3,(H,58,70)(H,60,68)/t31-,39+,41-,42-,49?/m0/s1. The molecule has 3 N–H and O–H groups in total. The predicted octanol–water partition coefficient (Wildman–Crippen LogP) is 7.50. The van der Waals surface area contributed by atoms with E-state index in [-0.39, 0.29) is 43.8 Å². The van der Waals surface area contributed by atoms with E-state index in [9.17, 15) is 24.3 Å². The quantitative estimate of drug-likeness (QED) is 0.0976. The Balaban J connectivity index is 0.782. The van der Waals surface area contributed by atoms with Gasteiger partial charge in [-0.3, -0.25) is 28.7 Å². The minimum atomic E-state index is -1.02. The fourth-order valence-electron chi connectivity index (χ4n) is 9.82. The van der Waals surface area contributed by atoms with Crippen LogP contribution in [0.2, 0.25) is 5.02 Å². The van der Waals surface area contributed by atoms with E-state index in [2.05, 4.69) is 54.1 Å². The summed E-state index contributed by atoms with van der Waals surface area (Å²) in [7, 11) is 0. The summed E-state index contributed by atoms with van der Waals surface area (Å²) in [4.78, 5) is 77.3. The summed E-state index contributed by atoms with van der Waals surface area (Å²) in [5.74, 6) is 1.18. The van der Waals surface area contributed by atoms with Gasteiger partial charge in [-0.25, -0.2) is 9.97 Å². The van der Waals surface area contributed by atoms with Gasteiger partial charge in [-0.05, 0) is 81.3 Å². The highest BCUT2D eigenvalue weighted by atomic mass is 35.5. The molecule has 4 aromatic heterocycles. The molecule has 9 rings (SSSR count). The number of aryl methyl sites for hydroxylation is 3. The molecule has 2 saturated heterocycles. The van der Waals surface area contributed by atoms with Crippen LogP contribution in [0.5, 0.6) is 5.75 Å². The number of ether oxygens (including phenoxy) is 1. The van der Waals surface area contributed by atoms with Gasteiger partial charge in [0.05, 0.1) is 33.9 Å². The minimum absolute atomic E-state index is 0.0272. The number of anilines is 1. The molecule has 0 bridgehead atoms. The molecule has 0 spiro atoms. The summed E-state index contributed by atoms with van der Waals surface area (Å²) in [6.07, 6.45) is 1.49. The zero-order chi connectivity index (χ0) is 52.6. The monoisotopic (exact) mass is 1060 g/mol. The van der Waals surface area contributed by atoms with Crippen LogP contribution in [0.4, 0.5) is 5.82 Å². The number of aliphatic imine (C=N–C) groups is 1. The second kappa shape index (κ2) is 21.7. The Morgan fingerprint density at radius 3 is 2.32 bits per heavy atom. The lowest BCUT2D eigenvalue weighted by molar-refractivity contribution is -0.144. The lowest BCUT2D eigenvalue weighted by atomic mass is 9.85. The summed E-state index contributed by atoms with van der Waals surface area (Å²) < 4.78 is 8.06. The first-order valence-electron chi connectivity index (χ1n) is 24.9. The van der Waals surface area contributed by atoms with Crippen LogP contribution >= 0.6 is 34.3 Å². The maximum atomic E-state index is 14.3. The molecular formula is C54H62ClN11O6S2. The van der Waals surface area contributed by atoms with Crippen molar-refractivity contribution in [3.05, 3.63) is 122 Å². The summed E-state index contributed by atoms with van der Waals surface area (Å²) in [6.45, 7) is 17.1. The Morgan fingerprint density at radius 2 is 1.64 bits per heavy atom. The van der Waals surface area contributed by atoms with Crippen molar-refractivity contribution in [3.8, 4) is 21.2 Å². The number of pyridine rings is 1. The third kappa shape index (κ3) is 11.1. The van der Waals surface area contributed by atoms with Crippen molar-refractivity contribution in [2.24, 2.45) is 10.4 Å². The van der Waals surface area contributed by atoms with Crippen LogP contribution in [0.1, 0.15) is 104 Å². The van der Waals surface area contributed by atoms with E-state index in [1.807, 2.05) is 100 Å². The van der Waals surface area contributed by atoms with Crippen molar-refractivity contribution in [1.29, 1.82) is 0 Å². The molecule has 6 aromatic rings. The molecule has 0 radical (unpaired) electrons. The first kappa shape index (κ1) is 52.3. The summed E-state index contributed by atoms with van der Waals surface area (Å²) >= 11 is 9.56. The lowest BCUT2D eigenvalue weighted by Gasteiger charge is -2.36.